The molecule has 0 aliphatic rings. The third-order valence-electron chi connectivity index (χ3n) is 2.87. The van der Waals surface area contributed by atoms with Gasteiger partial charge in [0.2, 0.25) is 0 Å². The maximum absolute atomic E-state index is 11.6. The van der Waals surface area contributed by atoms with Gasteiger partial charge in [-0.05, 0) is 18.9 Å². The molecule has 16 heavy (non-hydrogen) atoms. The summed E-state index contributed by atoms with van der Waals surface area (Å²) >= 11 is 0. The van der Waals surface area contributed by atoms with E-state index in [2.05, 4.69) is 5.32 Å². The molecule has 0 bridgehead atoms. The first kappa shape index (κ1) is 12.7. The molecule has 1 aromatic carbocycles. The summed E-state index contributed by atoms with van der Waals surface area (Å²) in [5, 5.41) is 3.24. The Bertz CT molecular complexity index is 337. The minimum atomic E-state index is -0.607. The van der Waals surface area contributed by atoms with E-state index in [4.69, 9.17) is 4.74 Å². The summed E-state index contributed by atoms with van der Waals surface area (Å²) in [4.78, 5) is 11.6. The third kappa shape index (κ3) is 3.07. The van der Waals surface area contributed by atoms with Crippen LogP contribution in [0.2, 0.25) is 0 Å². The normalized spacial score (nSPS) is 14.2. The summed E-state index contributed by atoms with van der Waals surface area (Å²) in [5.41, 5.74) is 0.552. The highest BCUT2D eigenvalue weighted by Gasteiger charge is 2.31. The number of esters is 1. The molecule has 1 rings (SSSR count). The van der Waals surface area contributed by atoms with Crippen LogP contribution in [0.3, 0.4) is 0 Å². The van der Waals surface area contributed by atoms with Crippen molar-refractivity contribution in [1.29, 1.82) is 0 Å². The van der Waals surface area contributed by atoms with Crippen LogP contribution in [0.5, 0.6) is 0 Å². The standard InChI is InChI=1S/C13H19NO2/c1-4-13(2,12(15)16-3)14-10-11-8-6-5-7-9-11/h5-9,14H,4,10H2,1-3H3/t13-/m1/s1. The maximum atomic E-state index is 11.6. The zero-order valence-electron chi connectivity index (χ0n) is 10.1. The van der Waals surface area contributed by atoms with Gasteiger partial charge in [-0.15, -0.1) is 0 Å². The molecule has 0 radical (unpaired) electrons. The molecule has 0 amide bonds. The molecule has 1 atom stereocenters. The molecule has 0 aliphatic heterocycles. The summed E-state index contributed by atoms with van der Waals surface area (Å²) in [7, 11) is 1.42. The number of nitrogens with one attached hydrogen (secondary N) is 1. The lowest BCUT2D eigenvalue weighted by atomic mass is 9.98. The van der Waals surface area contributed by atoms with E-state index in [0.29, 0.717) is 13.0 Å². The molecular formula is C13H19NO2. The van der Waals surface area contributed by atoms with Gasteiger partial charge in [-0.2, -0.15) is 0 Å². The van der Waals surface area contributed by atoms with E-state index >= 15 is 0 Å². The predicted octanol–water partition coefficient (Wildman–Crippen LogP) is 2.12. The van der Waals surface area contributed by atoms with Crippen LogP contribution < -0.4 is 5.32 Å². The smallest absolute Gasteiger partial charge is 0.325 e. The van der Waals surface area contributed by atoms with E-state index in [1.807, 2.05) is 44.2 Å². The van der Waals surface area contributed by atoms with Gasteiger partial charge >= 0.3 is 5.97 Å². The fourth-order valence-corrected chi connectivity index (χ4v) is 1.46. The Hall–Kier alpha value is -1.35. The molecule has 1 N–H and O–H groups in total. The third-order valence-corrected chi connectivity index (χ3v) is 2.87. The van der Waals surface area contributed by atoms with Crippen molar-refractivity contribution >= 4 is 5.97 Å². The molecule has 3 heteroatoms. The lowest BCUT2D eigenvalue weighted by Crippen LogP contribution is -2.49. The van der Waals surface area contributed by atoms with Gasteiger partial charge < -0.3 is 4.74 Å². The Kier molecular flexibility index (Phi) is 4.50. The van der Waals surface area contributed by atoms with Crippen LogP contribution in [0.15, 0.2) is 30.3 Å². The van der Waals surface area contributed by atoms with E-state index in [0.717, 1.165) is 5.56 Å². The number of methoxy groups -OCH3 is 1. The second-order valence-electron chi connectivity index (χ2n) is 4.02. The molecule has 0 saturated carbocycles. The SMILES string of the molecule is CC[C@@](C)(NCc1ccccc1)C(=O)OC. The summed E-state index contributed by atoms with van der Waals surface area (Å²) in [6, 6.07) is 10.0. The predicted molar refractivity (Wildman–Crippen MR) is 64.0 cm³/mol. The molecule has 0 unspecified atom stereocenters. The van der Waals surface area contributed by atoms with Crippen molar-refractivity contribution in [1.82, 2.24) is 5.32 Å². The van der Waals surface area contributed by atoms with Crippen molar-refractivity contribution in [3.63, 3.8) is 0 Å². The number of carbonyl (C=O) groups is 1. The topological polar surface area (TPSA) is 38.3 Å². The van der Waals surface area contributed by atoms with E-state index < -0.39 is 5.54 Å². The van der Waals surface area contributed by atoms with E-state index in [-0.39, 0.29) is 5.97 Å². The maximum Gasteiger partial charge on any atom is 0.325 e. The molecule has 0 spiro atoms. The fraction of sp³-hybridized carbons (Fsp3) is 0.462. The van der Waals surface area contributed by atoms with E-state index in [1.165, 1.54) is 7.11 Å². The van der Waals surface area contributed by atoms with Crippen molar-refractivity contribution in [2.75, 3.05) is 7.11 Å². The number of rotatable bonds is 5. The van der Waals surface area contributed by atoms with Gasteiger partial charge in [0.05, 0.1) is 7.11 Å². The second-order valence-corrected chi connectivity index (χ2v) is 4.02. The van der Waals surface area contributed by atoms with Crippen molar-refractivity contribution < 1.29 is 9.53 Å². The quantitative estimate of drug-likeness (QED) is 0.774. The Labute approximate surface area is 96.8 Å². The van der Waals surface area contributed by atoms with E-state index in [9.17, 15) is 4.79 Å². The number of ether oxygens (including phenoxy) is 1. The zero-order valence-corrected chi connectivity index (χ0v) is 10.1. The summed E-state index contributed by atoms with van der Waals surface area (Å²) in [6.45, 7) is 4.50. The van der Waals surface area contributed by atoms with E-state index in [1.54, 1.807) is 0 Å². The first-order valence-electron chi connectivity index (χ1n) is 5.49. The Morgan fingerprint density at radius 1 is 1.38 bits per heavy atom. The molecule has 1 aromatic rings. The van der Waals surface area contributed by atoms with Gasteiger partial charge in [0.1, 0.15) is 5.54 Å². The Morgan fingerprint density at radius 3 is 2.50 bits per heavy atom. The van der Waals surface area contributed by atoms with Crippen molar-refractivity contribution in [3.05, 3.63) is 35.9 Å². The zero-order chi connectivity index (χ0) is 12.0. The van der Waals surface area contributed by atoms with Gasteiger partial charge in [-0.25, -0.2) is 0 Å². The van der Waals surface area contributed by atoms with Gasteiger partial charge in [-0.3, -0.25) is 10.1 Å². The van der Waals surface area contributed by atoms with Crippen molar-refractivity contribution in [2.45, 2.75) is 32.4 Å². The number of carbonyl (C=O) groups excluding carboxylic acids is 1. The number of hydrogen-bond donors (Lipinski definition) is 1. The van der Waals surface area contributed by atoms with Crippen LogP contribution >= 0.6 is 0 Å². The van der Waals surface area contributed by atoms with Crippen molar-refractivity contribution in [3.8, 4) is 0 Å². The van der Waals surface area contributed by atoms with Crippen LogP contribution in [-0.4, -0.2) is 18.6 Å². The molecule has 0 saturated heterocycles. The highest BCUT2D eigenvalue weighted by molar-refractivity contribution is 5.80. The first-order chi connectivity index (χ1) is 7.62. The molecule has 0 heterocycles. The highest BCUT2D eigenvalue weighted by atomic mass is 16.5. The van der Waals surface area contributed by atoms with Crippen LogP contribution in [0.25, 0.3) is 0 Å². The van der Waals surface area contributed by atoms with Gasteiger partial charge in [0, 0.05) is 6.54 Å². The average Bonchev–Trinajstić information content (AvgIpc) is 2.36. The largest absolute Gasteiger partial charge is 0.468 e. The summed E-state index contributed by atoms with van der Waals surface area (Å²) < 4.78 is 4.79. The van der Waals surface area contributed by atoms with Gasteiger partial charge in [0.25, 0.3) is 0 Å². The summed E-state index contributed by atoms with van der Waals surface area (Å²) in [5.74, 6) is -0.217. The molecule has 0 fully saturated rings. The molecular weight excluding hydrogens is 202 g/mol. The molecule has 88 valence electrons. The first-order valence-corrected chi connectivity index (χ1v) is 5.49. The molecule has 0 aliphatic carbocycles. The average molecular weight is 221 g/mol. The Balaban J connectivity index is 2.62. The van der Waals surface area contributed by atoms with Crippen LogP contribution in [0.4, 0.5) is 0 Å². The lowest BCUT2D eigenvalue weighted by Gasteiger charge is -2.26. The van der Waals surface area contributed by atoms with Crippen LogP contribution in [0.1, 0.15) is 25.8 Å². The second kappa shape index (κ2) is 5.66. The lowest BCUT2D eigenvalue weighted by molar-refractivity contribution is -0.148. The van der Waals surface area contributed by atoms with Crippen LogP contribution in [0, 0.1) is 0 Å². The van der Waals surface area contributed by atoms with Crippen molar-refractivity contribution in [2.24, 2.45) is 0 Å². The highest BCUT2D eigenvalue weighted by Crippen LogP contribution is 2.12. The summed E-state index contributed by atoms with van der Waals surface area (Å²) in [6.07, 6.45) is 0.701. The minimum absolute atomic E-state index is 0.217. The van der Waals surface area contributed by atoms with Gasteiger partial charge in [-0.1, -0.05) is 37.3 Å². The molecule has 3 nitrogen and oxygen atoms in total. The fourth-order valence-electron chi connectivity index (χ4n) is 1.46. The molecule has 0 aromatic heterocycles. The minimum Gasteiger partial charge on any atom is -0.468 e. The monoisotopic (exact) mass is 221 g/mol. The van der Waals surface area contributed by atoms with Gasteiger partial charge in [0.15, 0.2) is 0 Å². The number of hydrogen-bond acceptors (Lipinski definition) is 3. The van der Waals surface area contributed by atoms with Crippen LogP contribution in [-0.2, 0) is 16.1 Å². The Morgan fingerprint density at radius 2 is 2.00 bits per heavy atom. The number of benzene rings is 1.